The zero-order valence-electron chi connectivity index (χ0n) is 7.71. The first kappa shape index (κ1) is 9.91. The molecule has 0 saturated heterocycles. The fraction of sp³-hybridized carbons (Fsp3) is 0.125. The van der Waals surface area contributed by atoms with E-state index < -0.39 is 10.5 Å². The Hall–Kier alpha value is -1.63. The fourth-order valence-electron chi connectivity index (χ4n) is 1.27. The van der Waals surface area contributed by atoms with Crippen molar-refractivity contribution in [2.75, 3.05) is 0 Å². The van der Waals surface area contributed by atoms with Gasteiger partial charge in [-0.15, -0.1) is 0 Å². The van der Waals surface area contributed by atoms with Gasteiger partial charge in [-0.1, -0.05) is 3.89 Å². The van der Waals surface area contributed by atoms with E-state index >= 15 is 0 Å². The molecule has 2 rings (SSSR count). The molecular formula is C8H7FN2O3S. The van der Waals surface area contributed by atoms with Crippen molar-refractivity contribution in [3.63, 3.8) is 0 Å². The van der Waals surface area contributed by atoms with E-state index in [1.54, 1.807) is 24.0 Å². The van der Waals surface area contributed by atoms with Crippen LogP contribution in [-0.4, -0.2) is 18.0 Å². The first-order chi connectivity index (χ1) is 6.96. The molecule has 1 aromatic carbocycles. The molecule has 0 bridgehead atoms. The van der Waals surface area contributed by atoms with Gasteiger partial charge in [0.2, 0.25) is 0 Å². The number of hydrogen-bond donors (Lipinski definition) is 0. The number of nitrogens with zero attached hydrogens (tertiary/aromatic N) is 2. The zero-order valence-corrected chi connectivity index (χ0v) is 8.53. The van der Waals surface area contributed by atoms with Gasteiger partial charge in [0.1, 0.15) is 5.75 Å². The number of fused-ring (bicyclic) bond motifs is 1. The maximum Gasteiger partial charge on any atom is 0.488 e. The predicted molar refractivity (Wildman–Crippen MR) is 51.4 cm³/mol. The van der Waals surface area contributed by atoms with E-state index in [0.29, 0.717) is 11.0 Å². The van der Waals surface area contributed by atoms with Crippen LogP contribution in [0.4, 0.5) is 3.89 Å². The number of benzene rings is 1. The van der Waals surface area contributed by atoms with Crippen molar-refractivity contribution in [3.05, 3.63) is 24.5 Å². The third-order valence-electron chi connectivity index (χ3n) is 1.89. The summed E-state index contributed by atoms with van der Waals surface area (Å²) in [5.41, 5.74) is 1.34. The summed E-state index contributed by atoms with van der Waals surface area (Å²) in [6.45, 7) is 0. The molecule has 0 aliphatic heterocycles. The molecule has 0 unspecified atom stereocenters. The highest BCUT2D eigenvalue weighted by Gasteiger charge is 2.10. The van der Waals surface area contributed by atoms with E-state index in [1.807, 2.05) is 0 Å². The quantitative estimate of drug-likeness (QED) is 0.726. The summed E-state index contributed by atoms with van der Waals surface area (Å²) in [7, 11) is -3.23. The van der Waals surface area contributed by atoms with Gasteiger partial charge in [0.15, 0.2) is 0 Å². The first-order valence-electron chi connectivity index (χ1n) is 4.01. The summed E-state index contributed by atoms with van der Waals surface area (Å²) in [6, 6.07) is 4.29. The fourth-order valence-corrected chi connectivity index (χ4v) is 1.61. The van der Waals surface area contributed by atoms with Gasteiger partial charge in [-0.3, -0.25) is 0 Å². The van der Waals surface area contributed by atoms with Crippen LogP contribution in [0.2, 0.25) is 0 Å². The maximum absolute atomic E-state index is 12.2. The molecule has 15 heavy (non-hydrogen) atoms. The van der Waals surface area contributed by atoms with Crippen molar-refractivity contribution >= 4 is 21.5 Å². The van der Waals surface area contributed by atoms with Gasteiger partial charge in [-0.2, -0.15) is 8.42 Å². The standard InChI is InChI=1S/C8H7FN2O3S/c1-11-5-10-7-3-2-6(4-8(7)11)14-15(9,12)13/h2-5H,1H3. The van der Waals surface area contributed by atoms with Gasteiger partial charge in [0, 0.05) is 13.1 Å². The van der Waals surface area contributed by atoms with Crippen LogP contribution in [0.25, 0.3) is 11.0 Å². The third-order valence-corrected chi connectivity index (χ3v) is 2.28. The van der Waals surface area contributed by atoms with Crippen LogP contribution >= 0.6 is 0 Å². The van der Waals surface area contributed by atoms with Gasteiger partial charge in [-0.05, 0) is 12.1 Å². The molecule has 0 aliphatic rings. The van der Waals surface area contributed by atoms with E-state index in [9.17, 15) is 12.3 Å². The van der Waals surface area contributed by atoms with E-state index in [0.717, 1.165) is 0 Å². The minimum Gasteiger partial charge on any atom is -0.358 e. The molecule has 0 aliphatic carbocycles. The second kappa shape index (κ2) is 3.20. The Labute approximate surface area is 85.5 Å². The normalized spacial score (nSPS) is 11.9. The molecule has 0 fully saturated rings. The molecule has 0 atom stereocenters. The van der Waals surface area contributed by atoms with Crippen molar-refractivity contribution in [2.45, 2.75) is 0 Å². The number of aryl methyl sites for hydroxylation is 1. The zero-order chi connectivity index (χ0) is 11.1. The molecule has 1 heterocycles. The van der Waals surface area contributed by atoms with E-state index in [4.69, 9.17) is 0 Å². The number of imidazole rings is 1. The Morgan fingerprint density at radius 1 is 1.47 bits per heavy atom. The highest BCUT2D eigenvalue weighted by molar-refractivity contribution is 7.81. The SMILES string of the molecule is Cn1cnc2ccc(OS(=O)(=O)F)cc21. The summed E-state index contributed by atoms with van der Waals surface area (Å²) >= 11 is 0. The molecule has 0 amide bonds. The molecule has 80 valence electrons. The van der Waals surface area contributed by atoms with Crippen LogP contribution in [0.5, 0.6) is 5.75 Å². The average Bonchev–Trinajstić information content (AvgIpc) is 2.45. The summed E-state index contributed by atoms with van der Waals surface area (Å²) in [6.07, 6.45) is 1.57. The van der Waals surface area contributed by atoms with Crippen LogP contribution in [0.3, 0.4) is 0 Å². The third kappa shape index (κ3) is 2.07. The van der Waals surface area contributed by atoms with Gasteiger partial charge in [0.25, 0.3) is 0 Å². The second-order valence-corrected chi connectivity index (χ2v) is 3.94. The molecule has 2 aromatic rings. The van der Waals surface area contributed by atoms with Crippen LogP contribution in [0.1, 0.15) is 0 Å². The summed E-state index contributed by atoms with van der Waals surface area (Å²) in [5, 5.41) is 0. The van der Waals surface area contributed by atoms with Crippen LogP contribution in [-0.2, 0) is 17.6 Å². The van der Waals surface area contributed by atoms with Gasteiger partial charge < -0.3 is 8.75 Å². The van der Waals surface area contributed by atoms with E-state index in [2.05, 4.69) is 9.17 Å². The molecule has 1 aromatic heterocycles. The highest BCUT2D eigenvalue weighted by Crippen LogP contribution is 2.20. The largest absolute Gasteiger partial charge is 0.488 e. The molecule has 0 saturated carbocycles. The lowest BCUT2D eigenvalue weighted by Crippen LogP contribution is -2.01. The summed E-state index contributed by atoms with van der Waals surface area (Å²) in [5.74, 6) is -0.0754. The van der Waals surface area contributed by atoms with Crippen molar-refractivity contribution in [3.8, 4) is 5.75 Å². The maximum atomic E-state index is 12.2. The topological polar surface area (TPSA) is 61.2 Å². The number of aromatic nitrogens is 2. The molecule has 7 heteroatoms. The Morgan fingerprint density at radius 2 is 2.20 bits per heavy atom. The molecule has 5 nitrogen and oxygen atoms in total. The Balaban J connectivity index is 2.51. The summed E-state index contributed by atoms with van der Waals surface area (Å²) < 4.78 is 38.5. The molecule has 0 spiro atoms. The van der Waals surface area contributed by atoms with Crippen molar-refractivity contribution < 1.29 is 16.5 Å². The Bertz CT molecular complexity index is 605. The van der Waals surface area contributed by atoms with Crippen molar-refractivity contribution in [1.82, 2.24) is 9.55 Å². The Morgan fingerprint density at radius 3 is 2.87 bits per heavy atom. The van der Waals surface area contributed by atoms with Gasteiger partial charge >= 0.3 is 10.5 Å². The minimum absolute atomic E-state index is 0.0754. The lowest BCUT2D eigenvalue weighted by Gasteiger charge is -2.00. The average molecular weight is 230 g/mol. The van der Waals surface area contributed by atoms with E-state index in [-0.39, 0.29) is 5.75 Å². The number of rotatable bonds is 2. The first-order valence-corrected chi connectivity index (χ1v) is 5.32. The molecular weight excluding hydrogens is 223 g/mol. The predicted octanol–water partition coefficient (Wildman–Crippen LogP) is 1.17. The van der Waals surface area contributed by atoms with Crippen LogP contribution < -0.4 is 4.18 Å². The number of hydrogen-bond acceptors (Lipinski definition) is 4. The second-order valence-electron chi connectivity index (χ2n) is 2.98. The Kier molecular flexibility index (Phi) is 2.11. The van der Waals surface area contributed by atoms with Crippen molar-refractivity contribution in [2.24, 2.45) is 7.05 Å². The monoisotopic (exact) mass is 230 g/mol. The molecule has 0 radical (unpaired) electrons. The van der Waals surface area contributed by atoms with Gasteiger partial charge in [-0.25, -0.2) is 4.98 Å². The lowest BCUT2D eigenvalue weighted by atomic mass is 10.3. The summed E-state index contributed by atoms with van der Waals surface area (Å²) in [4.78, 5) is 4.02. The van der Waals surface area contributed by atoms with Crippen molar-refractivity contribution in [1.29, 1.82) is 0 Å². The smallest absolute Gasteiger partial charge is 0.358 e. The van der Waals surface area contributed by atoms with Crippen LogP contribution in [0, 0.1) is 0 Å². The number of halogens is 1. The van der Waals surface area contributed by atoms with Gasteiger partial charge in [0.05, 0.1) is 17.4 Å². The van der Waals surface area contributed by atoms with E-state index in [1.165, 1.54) is 12.1 Å². The highest BCUT2D eigenvalue weighted by atomic mass is 32.3. The minimum atomic E-state index is -4.97. The molecule has 0 N–H and O–H groups in total. The van der Waals surface area contributed by atoms with Crippen LogP contribution in [0.15, 0.2) is 24.5 Å². The lowest BCUT2D eigenvalue weighted by molar-refractivity contribution is 0.440.